The predicted molar refractivity (Wildman–Crippen MR) is 102 cm³/mol. The molecule has 2 aromatic rings. The van der Waals surface area contributed by atoms with E-state index in [9.17, 15) is 4.79 Å². The van der Waals surface area contributed by atoms with Crippen LogP contribution in [0.5, 0.6) is 5.75 Å². The highest BCUT2D eigenvalue weighted by Gasteiger charge is 2.21. The van der Waals surface area contributed by atoms with Crippen LogP contribution in [0.1, 0.15) is 40.7 Å². The van der Waals surface area contributed by atoms with Crippen LogP contribution in [0.15, 0.2) is 48.5 Å². The number of ether oxygens (including phenoxy) is 1. The van der Waals surface area contributed by atoms with Crippen molar-refractivity contribution in [2.75, 3.05) is 26.2 Å². The van der Waals surface area contributed by atoms with Gasteiger partial charge in [0, 0.05) is 24.2 Å². The van der Waals surface area contributed by atoms with E-state index < -0.39 is 0 Å². The zero-order valence-electron chi connectivity index (χ0n) is 15.2. The Morgan fingerprint density at radius 2 is 1.77 bits per heavy atom. The second-order valence-electron chi connectivity index (χ2n) is 7.22. The zero-order valence-corrected chi connectivity index (χ0v) is 15.2. The normalized spacial score (nSPS) is 17.9. The van der Waals surface area contributed by atoms with E-state index in [0.717, 1.165) is 23.4 Å². The van der Waals surface area contributed by atoms with Crippen LogP contribution in [0.25, 0.3) is 0 Å². The van der Waals surface area contributed by atoms with Crippen molar-refractivity contribution < 1.29 is 9.53 Å². The highest BCUT2D eigenvalue weighted by Crippen LogP contribution is 2.26. The van der Waals surface area contributed by atoms with Gasteiger partial charge in [0.2, 0.25) is 0 Å². The summed E-state index contributed by atoms with van der Waals surface area (Å²) in [5, 5.41) is 0. The molecule has 1 amide bonds. The molecule has 0 spiro atoms. The summed E-state index contributed by atoms with van der Waals surface area (Å²) in [6, 6.07) is 16.0. The Kier molecular flexibility index (Phi) is 5.21. The van der Waals surface area contributed by atoms with Crippen molar-refractivity contribution in [2.24, 2.45) is 0 Å². The third kappa shape index (κ3) is 3.91. The van der Waals surface area contributed by atoms with Crippen molar-refractivity contribution in [1.29, 1.82) is 0 Å². The summed E-state index contributed by atoms with van der Waals surface area (Å²) in [5.74, 6) is 0.985. The highest BCUT2D eigenvalue weighted by atomic mass is 16.5. The van der Waals surface area contributed by atoms with E-state index in [-0.39, 0.29) is 5.91 Å². The zero-order chi connectivity index (χ0) is 17.8. The van der Waals surface area contributed by atoms with Gasteiger partial charge in [0.05, 0.1) is 6.54 Å². The molecule has 1 fully saturated rings. The number of hydrogen-bond acceptors (Lipinski definition) is 3. The van der Waals surface area contributed by atoms with E-state index in [1.165, 1.54) is 37.9 Å². The maximum absolute atomic E-state index is 12.8. The molecule has 4 heteroatoms. The molecule has 0 aliphatic carbocycles. The van der Waals surface area contributed by atoms with Crippen molar-refractivity contribution in [1.82, 2.24) is 9.80 Å². The fraction of sp³-hybridized carbons (Fsp3) is 0.409. The molecule has 1 saturated heterocycles. The van der Waals surface area contributed by atoms with Crippen LogP contribution in [0.2, 0.25) is 0 Å². The van der Waals surface area contributed by atoms with Crippen molar-refractivity contribution in [2.45, 2.75) is 32.4 Å². The summed E-state index contributed by atoms with van der Waals surface area (Å²) < 4.78 is 5.90. The Morgan fingerprint density at radius 1 is 0.962 bits per heavy atom. The van der Waals surface area contributed by atoms with Gasteiger partial charge in [0.25, 0.3) is 5.91 Å². The van der Waals surface area contributed by atoms with E-state index >= 15 is 0 Å². The number of amides is 1. The van der Waals surface area contributed by atoms with Crippen LogP contribution < -0.4 is 4.74 Å². The van der Waals surface area contributed by atoms with Crippen LogP contribution in [0, 0.1) is 0 Å². The van der Waals surface area contributed by atoms with Crippen LogP contribution >= 0.6 is 0 Å². The average Bonchev–Trinajstić information content (AvgIpc) is 2.91. The number of benzene rings is 2. The molecule has 136 valence electrons. The monoisotopic (exact) mass is 350 g/mol. The molecule has 0 unspecified atom stereocenters. The first-order valence-corrected chi connectivity index (χ1v) is 9.61. The lowest BCUT2D eigenvalue weighted by molar-refractivity contribution is 0.0733. The maximum Gasteiger partial charge on any atom is 0.254 e. The lowest BCUT2D eigenvalue weighted by Crippen LogP contribution is -2.32. The molecule has 2 aliphatic rings. The number of hydrogen-bond donors (Lipinski definition) is 0. The SMILES string of the molecule is O=C(c1ccccc1)N1CCOc2ccc(CN3CCCCC3)cc2C1. The standard InChI is InChI=1S/C22H26N2O2/c25-22(19-7-3-1-4-8-19)24-13-14-26-21-10-9-18(15-20(21)17-24)16-23-11-5-2-6-12-23/h1,3-4,7-10,15H,2,5-6,11-14,16-17H2. The summed E-state index contributed by atoms with van der Waals surface area (Å²) in [7, 11) is 0. The second-order valence-corrected chi connectivity index (χ2v) is 7.22. The van der Waals surface area contributed by atoms with Crippen LogP contribution in [-0.2, 0) is 13.1 Å². The number of piperidine rings is 1. The van der Waals surface area contributed by atoms with E-state index in [0.29, 0.717) is 19.7 Å². The quantitative estimate of drug-likeness (QED) is 0.846. The smallest absolute Gasteiger partial charge is 0.254 e. The Labute approximate surface area is 155 Å². The van der Waals surface area contributed by atoms with Gasteiger partial charge in [-0.2, -0.15) is 0 Å². The van der Waals surface area contributed by atoms with Gasteiger partial charge in [-0.3, -0.25) is 9.69 Å². The van der Waals surface area contributed by atoms with Crippen LogP contribution in [-0.4, -0.2) is 41.9 Å². The van der Waals surface area contributed by atoms with E-state index in [1.807, 2.05) is 35.2 Å². The van der Waals surface area contributed by atoms with Crippen molar-refractivity contribution in [3.8, 4) is 5.75 Å². The van der Waals surface area contributed by atoms with Gasteiger partial charge in [0.1, 0.15) is 12.4 Å². The molecule has 2 aliphatic heterocycles. The van der Waals surface area contributed by atoms with Crippen LogP contribution in [0.4, 0.5) is 0 Å². The molecular weight excluding hydrogens is 324 g/mol. The molecule has 0 radical (unpaired) electrons. The summed E-state index contributed by atoms with van der Waals surface area (Å²) in [6.07, 6.45) is 3.95. The average molecular weight is 350 g/mol. The van der Waals surface area contributed by atoms with Gasteiger partial charge in [0.15, 0.2) is 0 Å². The van der Waals surface area contributed by atoms with E-state index in [2.05, 4.69) is 23.1 Å². The number of nitrogens with zero attached hydrogens (tertiary/aromatic N) is 2. The molecule has 26 heavy (non-hydrogen) atoms. The molecule has 2 heterocycles. The maximum atomic E-state index is 12.8. The first kappa shape index (κ1) is 17.1. The Bertz CT molecular complexity index is 754. The third-order valence-corrected chi connectivity index (χ3v) is 5.27. The van der Waals surface area contributed by atoms with Gasteiger partial charge in [-0.05, 0) is 55.8 Å². The summed E-state index contributed by atoms with van der Waals surface area (Å²) in [6.45, 7) is 5.12. The van der Waals surface area contributed by atoms with Crippen molar-refractivity contribution in [3.63, 3.8) is 0 Å². The minimum Gasteiger partial charge on any atom is -0.491 e. The van der Waals surface area contributed by atoms with E-state index in [1.54, 1.807) is 0 Å². The molecule has 0 aromatic heterocycles. The lowest BCUT2D eigenvalue weighted by Gasteiger charge is -2.26. The minimum atomic E-state index is 0.0727. The second kappa shape index (κ2) is 7.92. The summed E-state index contributed by atoms with van der Waals surface area (Å²) in [5.41, 5.74) is 3.16. The first-order chi connectivity index (χ1) is 12.8. The van der Waals surface area contributed by atoms with Gasteiger partial charge in [-0.25, -0.2) is 0 Å². The third-order valence-electron chi connectivity index (χ3n) is 5.27. The Balaban J connectivity index is 1.51. The Hall–Kier alpha value is -2.33. The largest absolute Gasteiger partial charge is 0.491 e. The van der Waals surface area contributed by atoms with E-state index in [4.69, 9.17) is 4.74 Å². The minimum absolute atomic E-state index is 0.0727. The molecule has 0 saturated carbocycles. The summed E-state index contributed by atoms with van der Waals surface area (Å²) >= 11 is 0. The van der Waals surface area contributed by atoms with Gasteiger partial charge < -0.3 is 9.64 Å². The fourth-order valence-electron chi connectivity index (χ4n) is 3.86. The fourth-order valence-corrected chi connectivity index (χ4v) is 3.86. The van der Waals surface area contributed by atoms with Gasteiger partial charge in [-0.15, -0.1) is 0 Å². The van der Waals surface area contributed by atoms with Crippen molar-refractivity contribution in [3.05, 3.63) is 65.2 Å². The number of carbonyl (C=O) groups is 1. The molecule has 0 N–H and O–H groups in total. The number of fused-ring (bicyclic) bond motifs is 1. The topological polar surface area (TPSA) is 32.8 Å². The molecule has 4 rings (SSSR count). The van der Waals surface area contributed by atoms with Crippen molar-refractivity contribution >= 4 is 5.91 Å². The predicted octanol–water partition coefficient (Wildman–Crippen LogP) is 3.71. The summed E-state index contributed by atoms with van der Waals surface area (Å²) in [4.78, 5) is 17.2. The Morgan fingerprint density at radius 3 is 2.58 bits per heavy atom. The van der Waals surface area contributed by atoms with Gasteiger partial charge in [-0.1, -0.05) is 30.7 Å². The number of carbonyl (C=O) groups excluding carboxylic acids is 1. The number of rotatable bonds is 3. The first-order valence-electron chi connectivity index (χ1n) is 9.61. The molecule has 0 bridgehead atoms. The lowest BCUT2D eigenvalue weighted by atomic mass is 10.1. The molecule has 4 nitrogen and oxygen atoms in total. The molecule has 2 aromatic carbocycles. The molecule has 0 atom stereocenters. The van der Waals surface area contributed by atoms with Crippen LogP contribution in [0.3, 0.4) is 0 Å². The molecular formula is C22H26N2O2. The van der Waals surface area contributed by atoms with Gasteiger partial charge >= 0.3 is 0 Å². The number of likely N-dealkylation sites (tertiary alicyclic amines) is 1. The highest BCUT2D eigenvalue weighted by molar-refractivity contribution is 5.94.